The maximum absolute atomic E-state index is 10.6. The number of hydrogen-bond donors (Lipinski definition) is 0. The Kier molecular flexibility index (Phi) is 1.81. The predicted molar refractivity (Wildman–Crippen MR) is 50.3 cm³/mol. The van der Waals surface area contributed by atoms with Gasteiger partial charge in [0.2, 0.25) is 0 Å². The summed E-state index contributed by atoms with van der Waals surface area (Å²) in [7, 11) is 0. The lowest BCUT2D eigenvalue weighted by atomic mass is 10.3. The van der Waals surface area contributed by atoms with Gasteiger partial charge >= 0.3 is 0 Å². The Morgan fingerprint density at radius 2 is 2.31 bits per heavy atom. The van der Waals surface area contributed by atoms with Crippen molar-refractivity contribution in [3.05, 3.63) is 34.9 Å². The van der Waals surface area contributed by atoms with Crippen LogP contribution in [0.5, 0.6) is 0 Å². The number of imidazole rings is 1. The lowest BCUT2D eigenvalue weighted by Gasteiger charge is -1.97. The Morgan fingerprint density at radius 1 is 1.54 bits per heavy atom. The van der Waals surface area contributed by atoms with Crippen LogP contribution in [0.25, 0.3) is 5.52 Å². The molecular weight excluding hydrogens is 188 g/mol. The van der Waals surface area contributed by atoms with E-state index in [1.807, 2.05) is 19.1 Å². The number of pyridine rings is 1. The van der Waals surface area contributed by atoms with Crippen LogP contribution in [-0.2, 0) is 0 Å². The van der Waals surface area contributed by atoms with Gasteiger partial charge in [-0.1, -0.05) is 17.7 Å². The lowest BCUT2D eigenvalue weighted by Crippen LogP contribution is -1.92. The smallest absolute Gasteiger partial charge is 0.185 e. The standard InChI is InChI=1S/C9H7ClN2O/c1-6-7-3-2-4-8(10)12(7)9(5-13)11-6/h2-5H,1H3. The van der Waals surface area contributed by atoms with Crippen molar-refractivity contribution in [3.63, 3.8) is 0 Å². The van der Waals surface area contributed by atoms with Gasteiger partial charge in [0, 0.05) is 0 Å². The van der Waals surface area contributed by atoms with E-state index in [1.54, 1.807) is 10.5 Å². The van der Waals surface area contributed by atoms with Crippen molar-refractivity contribution >= 4 is 23.4 Å². The fourth-order valence-corrected chi connectivity index (χ4v) is 1.61. The number of nitrogens with zero attached hydrogens (tertiary/aromatic N) is 2. The summed E-state index contributed by atoms with van der Waals surface area (Å²) in [5, 5.41) is 0.500. The molecule has 0 aromatic carbocycles. The summed E-state index contributed by atoms with van der Waals surface area (Å²) in [6.45, 7) is 1.85. The highest BCUT2D eigenvalue weighted by Crippen LogP contribution is 2.17. The maximum atomic E-state index is 10.6. The zero-order chi connectivity index (χ0) is 9.42. The molecule has 0 saturated heterocycles. The van der Waals surface area contributed by atoms with Crippen LogP contribution in [0.3, 0.4) is 0 Å². The molecule has 0 saturated carbocycles. The fraction of sp³-hybridized carbons (Fsp3) is 0.111. The minimum atomic E-state index is 0.345. The summed E-state index contributed by atoms with van der Waals surface area (Å²) in [5.41, 5.74) is 1.68. The number of carbonyl (C=O) groups excluding carboxylic acids is 1. The van der Waals surface area contributed by atoms with Crippen LogP contribution in [0.15, 0.2) is 18.2 Å². The van der Waals surface area contributed by atoms with Crippen molar-refractivity contribution in [2.75, 3.05) is 0 Å². The molecule has 0 aliphatic heterocycles. The highest BCUT2D eigenvalue weighted by Gasteiger charge is 2.08. The number of aldehydes is 1. The number of halogens is 1. The first-order valence-electron chi connectivity index (χ1n) is 3.83. The van der Waals surface area contributed by atoms with Crippen LogP contribution in [0.2, 0.25) is 5.15 Å². The van der Waals surface area contributed by atoms with Gasteiger partial charge in [-0.3, -0.25) is 9.20 Å². The molecule has 3 nitrogen and oxygen atoms in total. The molecule has 0 radical (unpaired) electrons. The topological polar surface area (TPSA) is 34.4 Å². The van der Waals surface area contributed by atoms with Crippen LogP contribution in [0, 0.1) is 6.92 Å². The molecule has 0 spiro atoms. The Labute approximate surface area is 80.0 Å². The Morgan fingerprint density at radius 3 is 3.00 bits per heavy atom. The van der Waals surface area contributed by atoms with Gasteiger partial charge in [-0.05, 0) is 19.1 Å². The van der Waals surface area contributed by atoms with E-state index < -0.39 is 0 Å². The highest BCUT2D eigenvalue weighted by molar-refractivity contribution is 6.30. The minimum Gasteiger partial charge on any atom is -0.294 e. The number of carbonyl (C=O) groups is 1. The van der Waals surface area contributed by atoms with Gasteiger partial charge in [0.25, 0.3) is 0 Å². The Hall–Kier alpha value is -1.35. The average Bonchev–Trinajstić information content (AvgIpc) is 2.45. The van der Waals surface area contributed by atoms with Gasteiger partial charge in [0.15, 0.2) is 12.1 Å². The Balaban J connectivity index is 2.96. The van der Waals surface area contributed by atoms with Crippen molar-refractivity contribution in [2.45, 2.75) is 6.92 Å². The predicted octanol–water partition coefficient (Wildman–Crippen LogP) is 2.11. The maximum Gasteiger partial charge on any atom is 0.185 e. The number of hydrogen-bond acceptors (Lipinski definition) is 2. The van der Waals surface area contributed by atoms with Crippen LogP contribution in [-0.4, -0.2) is 15.7 Å². The van der Waals surface area contributed by atoms with Crippen molar-refractivity contribution in [1.29, 1.82) is 0 Å². The van der Waals surface area contributed by atoms with Crippen molar-refractivity contribution < 1.29 is 4.79 Å². The van der Waals surface area contributed by atoms with Crippen LogP contribution in [0.1, 0.15) is 16.3 Å². The minimum absolute atomic E-state index is 0.345. The number of aryl methyl sites for hydroxylation is 1. The molecule has 0 unspecified atom stereocenters. The third-order valence-electron chi connectivity index (χ3n) is 1.93. The molecule has 0 bridgehead atoms. The first kappa shape index (κ1) is 8.26. The van der Waals surface area contributed by atoms with E-state index in [0.29, 0.717) is 17.3 Å². The quantitative estimate of drug-likeness (QED) is 0.515. The molecule has 4 heteroatoms. The van der Waals surface area contributed by atoms with E-state index in [1.165, 1.54) is 0 Å². The largest absolute Gasteiger partial charge is 0.294 e. The summed E-state index contributed by atoms with van der Waals surface area (Å²) in [6.07, 6.45) is 0.700. The average molecular weight is 195 g/mol. The van der Waals surface area contributed by atoms with Gasteiger partial charge < -0.3 is 0 Å². The molecule has 2 aromatic rings. The molecular formula is C9H7ClN2O. The molecule has 0 amide bonds. The van der Waals surface area contributed by atoms with E-state index in [-0.39, 0.29) is 0 Å². The Bertz CT molecular complexity index is 476. The number of aromatic nitrogens is 2. The molecule has 0 fully saturated rings. The lowest BCUT2D eigenvalue weighted by molar-refractivity contribution is 0.111. The summed E-state index contributed by atoms with van der Waals surface area (Å²) in [5.74, 6) is 0.345. The first-order valence-corrected chi connectivity index (χ1v) is 4.20. The molecule has 2 rings (SSSR count). The molecule has 0 atom stereocenters. The van der Waals surface area contributed by atoms with Gasteiger partial charge in [0.1, 0.15) is 5.15 Å². The zero-order valence-electron chi connectivity index (χ0n) is 6.99. The van der Waals surface area contributed by atoms with E-state index in [4.69, 9.17) is 11.6 Å². The van der Waals surface area contributed by atoms with Crippen molar-refractivity contribution in [1.82, 2.24) is 9.38 Å². The first-order chi connectivity index (χ1) is 6.24. The third kappa shape index (κ3) is 1.12. The molecule has 0 N–H and O–H groups in total. The SMILES string of the molecule is Cc1nc(C=O)n2c(Cl)cccc12. The number of rotatable bonds is 1. The van der Waals surface area contributed by atoms with E-state index in [0.717, 1.165) is 11.2 Å². The van der Waals surface area contributed by atoms with Crippen LogP contribution >= 0.6 is 11.6 Å². The summed E-state index contributed by atoms with van der Waals surface area (Å²) in [4.78, 5) is 14.7. The monoisotopic (exact) mass is 194 g/mol. The van der Waals surface area contributed by atoms with Crippen LogP contribution in [0.4, 0.5) is 0 Å². The molecule has 0 aliphatic carbocycles. The zero-order valence-corrected chi connectivity index (χ0v) is 7.75. The highest BCUT2D eigenvalue weighted by atomic mass is 35.5. The van der Waals surface area contributed by atoms with E-state index in [2.05, 4.69) is 4.98 Å². The molecule has 13 heavy (non-hydrogen) atoms. The summed E-state index contributed by atoms with van der Waals surface area (Å²) >= 11 is 5.92. The second-order valence-corrected chi connectivity index (χ2v) is 3.13. The van der Waals surface area contributed by atoms with Gasteiger partial charge in [0.05, 0.1) is 11.2 Å². The van der Waals surface area contributed by atoms with E-state index >= 15 is 0 Å². The summed E-state index contributed by atoms with van der Waals surface area (Å²) in [6, 6.07) is 5.44. The molecule has 66 valence electrons. The summed E-state index contributed by atoms with van der Waals surface area (Å²) < 4.78 is 1.63. The second kappa shape index (κ2) is 2.85. The second-order valence-electron chi connectivity index (χ2n) is 2.74. The van der Waals surface area contributed by atoms with Crippen molar-refractivity contribution in [3.8, 4) is 0 Å². The van der Waals surface area contributed by atoms with Gasteiger partial charge in [-0.25, -0.2) is 4.98 Å². The molecule has 2 heterocycles. The van der Waals surface area contributed by atoms with Crippen LogP contribution < -0.4 is 0 Å². The molecule has 0 aliphatic rings. The molecule has 2 aromatic heterocycles. The fourth-order valence-electron chi connectivity index (χ4n) is 1.36. The normalized spacial score (nSPS) is 10.6. The van der Waals surface area contributed by atoms with Gasteiger partial charge in [-0.2, -0.15) is 0 Å². The third-order valence-corrected chi connectivity index (χ3v) is 2.22. The van der Waals surface area contributed by atoms with E-state index in [9.17, 15) is 4.79 Å². The van der Waals surface area contributed by atoms with Gasteiger partial charge in [-0.15, -0.1) is 0 Å². The van der Waals surface area contributed by atoms with Crippen molar-refractivity contribution in [2.24, 2.45) is 0 Å². The number of fused-ring (bicyclic) bond motifs is 1.